The second-order valence-corrected chi connectivity index (χ2v) is 9.79. The van der Waals surface area contributed by atoms with Gasteiger partial charge in [0.15, 0.2) is 0 Å². The first-order valence-corrected chi connectivity index (χ1v) is 12.3. The van der Waals surface area contributed by atoms with Crippen molar-refractivity contribution in [3.63, 3.8) is 0 Å². The van der Waals surface area contributed by atoms with Crippen molar-refractivity contribution in [1.29, 1.82) is 0 Å². The van der Waals surface area contributed by atoms with Gasteiger partial charge in [-0.2, -0.15) is 0 Å². The molecule has 0 fully saturated rings. The fourth-order valence-corrected chi connectivity index (χ4v) is 6.33. The molecule has 1 heteroatoms. The molecule has 0 N–H and O–H groups in total. The van der Waals surface area contributed by atoms with Gasteiger partial charge in [-0.05, 0) is 87.9 Å². The molecule has 1 aliphatic heterocycles. The highest BCUT2D eigenvalue weighted by atomic mass is 28.2. The normalized spacial score (nSPS) is 14.2. The van der Waals surface area contributed by atoms with E-state index in [4.69, 9.17) is 0 Å². The van der Waals surface area contributed by atoms with E-state index in [-0.39, 0.29) is 0 Å². The lowest BCUT2D eigenvalue weighted by atomic mass is 9.87. The molecule has 3 aromatic rings. The average molecular weight is 428 g/mol. The van der Waals surface area contributed by atoms with E-state index in [0.717, 1.165) is 15.6 Å². The van der Waals surface area contributed by atoms with Crippen molar-refractivity contribution in [2.45, 2.75) is 26.7 Å². The summed E-state index contributed by atoms with van der Waals surface area (Å²) in [6, 6.07) is 17.4. The fourth-order valence-electron chi connectivity index (χ4n) is 5.27. The average Bonchev–Trinajstić information content (AvgIpc) is 3.40. The molecule has 0 atom stereocenters. The lowest BCUT2D eigenvalue weighted by Crippen LogP contribution is -2.03. The number of allylic oxidation sites excluding steroid dienone is 3. The van der Waals surface area contributed by atoms with Crippen LogP contribution in [-0.2, 0) is 12.8 Å². The van der Waals surface area contributed by atoms with E-state index in [2.05, 4.69) is 93.4 Å². The zero-order valence-corrected chi connectivity index (χ0v) is 19.8. The fraction of sp³-hybridized carbons (Fsp3) is 0.129. The van der Waals surface area contributed by atoms with Crippen LogP contribution in [-0.4, -0.2) is 14.3 Å². The SMILES string of the molecule is C1=C[Si]=C2Cc3ccccc3C2=C1.C=Cc1c(C)c(C)c2c(c1C=C)Cc1ccccc1-2. The summed E-state index contributed by atoms with van der Waals surface area (Å²) in [5.41, 5.74) is 17.5. The molecule has 0 saturated heterocycles. The molecule has 2 aliphatic carbocycles. The monoisotopic (exact) mass is 427 g/mol. The summed E-state index contributed by atoms with van der Waals surface area (Å²) in [4.78, 5) is 0. The molecule has 0 amide bonds. The molecule has 155 valence electrons. The summed E-state index contributed by atoms with van der Waals surface area (Å²) in [7, 11) is 0.900. The van der Waals surface area contributed by atoms with Gasteiger partial charge >= 0.3 is 0 Å². The molecule has 3 aliphatic rings. The molecular weight excluding hydrogens is 400 g/mol. The third kappa shape index (κ3) is 3.25. The van der Waals surface area contributed by atoms with E-state index >= 15 is 0 Å². The maximum atomic E-state index is 4.00. The number of fused-ring (bicyclic) bond motifs is 6. The smallest absolute Gasteiger partial charge is 0.0554 e. The maximum absolute atomic E-state index is 4.00. The van der Waals surface area contributed by atoms with Crippen LogP contribution in [0.4, 0.5) is 0 Å². The molecule has 1 radical (unpaired) electrons. The number of benzene rings is 3. The summed E-state index contributed by atoms with van der Waals surface area (Å²) in [5.74, 6) is 0. The Morgan fingerprint density at radius 3 is 2.16 bits per heavy atom. The van der Waals surface area contributed by atoms with E-state index in [1.165, 1.54) is 67.6 Å². The zero-order chi connectivity index (χ0) is 22.2. The highest BCUT2D eigenvalue weighted by molar-refractivity contribution is 6.69. The van der Waals surface area contributed by atoms with Crippen LogP contribution in [0, 0.1) is 13.8 Å². The van der Waals surface area contributed by atoms with E-state index in [1.54, 1.807) is 5.17 Å². The molecule has 0 nitrogen and oxygen atoms in total. The highest BCUT2D eigenvalue weighted by Gasteiger charge is 2.25. The van der Waals surface area contributed by atoms with Gasteiger partial charge in [0.05, 0.1) is 9.13 Å². The molecular formula is C31H27Si. The Kier molecular flexibility index (Phi) is 5.36. The van der Waals surface area contributed by atoms with Crippen molar-refractivity contribution in [2.24, 2.45) is 0 Å². The van der Waals surface area contributed by atoms with Crippen LogP contribution in [0.2, 0.25) is 0 Å². The lowest BCUT2D eigenvalue weighted by molar-refractivity contribution is 1.22. The highest BCUT2D eigenvalue weighted by Crippen LogP contribution is 2.43. The van der Waals surface area contributed by atoms with Gasteiger partial charge < -0.3 is 0 Å². The Labute approximate surface area is 193 Å². The number of rotatable bonds is 2. The predicted octanol–water partition coefficient (Wildman–Crippen LogP) is 7.19. The van der Waals surface area contributed by atoms with Crippen molar-refractivity contribution in [3.8, 4) is 11.1 Å². The van der Waals surface area contributed by atoms with E-state index < -0.39 is 0 Å². The van der Waals surface area contributed by atoms with Gasteiger partial charge in [0.1, 0.15) is 0 Å². The van der Waals surface area contributed by atoms with Crippen molar-refractivity contribution in [1.82, 2.24) is 0 Å². The minimum Gasteiger partial charge on any atom is -0.0984 e. The first-order chi connectivity index (χ1) is 15.6. The van der Waals surface area contributed by atoms with Gasteiger partial charge in [-0.25, -0.2) is 0 Å². The van der Waals surface area contributed by atoms with Gasteiger partial charge in [-0.3, -0.25) is 0 Å². The first-order valence-electron chi connectivity index (χ1n) is 11.2. The minimum atomic E-state index is 0.900. The van der Waals surface area contributed by atoms with Gasteiger partial charge in [0.25, 0.3) is 0 Å². The largest absolute Gasteiger partial charge is 0.0984 e. The third-order valence-corrected chi connectivity index (χ3v) is 8.09. The second-order valence-electron chi connectivity index (χ2n) is 8.57. The molecule has 0 bridgehead atoms. The van der Waals surface area contributed by atoms with E-state index in [0.29, 0.717) is 0 Å². The number of hydrogen-bond acceptors (Lipinski definition) is 0. The summed E-state index contributed by atoms with van der Waals surface area (Å²) >= 11 is 0. The Hall–Kier alpha value is -3.29. The van der Waals surface area contributed by atoms with E-state index in [1.807, 2.05) is 12.2 Å². The molecule has 0 unspecified atom stereocenters. The van der Waals surface area contributed by atoms with Crippen LogP contribution < -0.4 is 0 Å². The van der Waals surface area contributed by atoms with Crippen molar-refractivity contribution >= 4 is 32.0 Å². The standard InChI is InChI=1S/C19H18.C12H9Si/c1-5-15-12(3)13(4)19-17-10-8-7-9-14(17)11-18(19)16(15)6-2;1-2-5-10-9(4-1)8-12-11(10)6-3-7-13-12/h5-10H,1-2,11H2,3-4H3;1-7H,8H2. The lowest BCUT2D eigenvalue weighted by Gasteiger charge is -2.16. The Balaban J connectivity index is 0.000000144. The molecule has 1 heterocycles. The second kappa shape index (κ2) is 8.33. The summed E-state index contributed by atoms with van der Waals surface area (Å²) in [6.45, 7) is 12.4. The Morgan fingerprint density at radius 1 is 0.781 bits per heavy atom. The van der Waals surface area contributed by atoms with Crippen LogP contribution in [0.15, 0.2) is 79.5 Å². The molecule has 6 rings (SSSR count). The molecule has 32 heavy (non-hydrogen) atoms. The van der Waals surface area contributed by atoms with Gasteiger partial charge in [0.2, 0.25) is 0 Å². The van der Waals surface area contributed by atoms with Gasteiger partial charge in [-0.1, -0.05) is 96.9 Å². The maximum Gasteiger partial charge on any atom is 0.0554 e. The molecule has 0 aromatic heterocycles. The Bertz CT molecular complexity index is 1360. The predicted molar refractivity (Wildman–Crippen MR) is 142 cm³/mol. The van der Waals surface area contributed by atoms with Crippen LogP contribution in [0.25, 0.3) is 28.9 Å². The first kappa shape index (κ1) is 20.6. The van der Waals surface area contributed by atoms with Crippen LogP contribution in [0.1, 0.15) is 44.5 Å². The van der Waals surface area contributed by atoms with Crippen molar-refractivity contribution < 1.29 is 0 Å². The van der Waals surface area contributed by atoms with Gasteiger partial charge in [0, 0.05) is 0 Å². The summed E-state index contributed by atoms with van der Waals surface area (Å²) in [6.07, 6.45) is 10.5. The quantitative estimate of drug-likeness (QED) is 0.297. The van der Waals surface area contributed by atoms with Crippen LogP contribution in [0.3, 0.4) is 0 Å². The number of hydrogen-bond donors (Lipinski definition) is 0. The zero-order valence-electron chi connectivity index (χ0n) is 18.8. The molecule has 0 spiro atoms. The molecule has 0 saturated carbocycles. The van der Waals surface area contributed by atoms with Crippen molar-refractivity contribution in [3.05, 3.63) is 124 Å². The summed E-state index contributed by atoms with van der Waals surface area (Å²) < 4.78 is 0. The topological polar surface area (TPSA) is 0 Å². The van der Waals surface area contributed by atoms with E-state index in [9.17, 15) is 0 Å². The molecule has 3 aromatic carbocycles. The third-order valence-electron chi connectivity index (χ3n) is 6.94. The summed E-state index contributed by atoms with van der Waals surface area (Å²) in [5, 5.41) is 1.61. The van der Waals surface area contributed by atoms with Gasteiger partial charge in [-0.15, -0.1) is 0 Å². The minimum absolute atomic E-state index is 0.900. The van der Waals surface area contributed by atoms with Crippen molar-refractivity contribution in [2.75, 3.05) is 0 Å². The van der Waals surface area contributed by atoms with Crippen LogP contribution >= 0.6 is 0 Å². The Morgan fingerprint density at radius 2 is 1.44 bits per heavy atom. The van der Waals surface area contributed by atoms with Crippen LogP contribution in [0.5, 0.6) is 0 Å².